The molecular weight excluding hydrogens is 352 g/mol. The van der Waals surface area contributed by atoms with Crippen LogP contribution in [-0.2, 0) is 4.79 Å². The first-order valence-corrected chi connectivity index (χ1v) is 7.29. The fraction of sp³-hybridized carbons (Fsp3) is 0.125. The number of non-ortho nitro benzene ring substituents is 1. The third kappa shape index (κ3) is 4.92. The van der Waals surface area contributed by atoms with Crippen LogP contribution in [0.2, 0.25) is 5.02 Å². The number of carboxylic acids is 1. The summed E-state index contributed by atoms with van der Waals surface area (Å²) in [5, 5.41) is 19.5. The van der Waals surface area contributed by atoms with Crippen molar-refractivity contribution in [3.05, 3.63) is 57.1 Å². The van der Waals surface area contributed by atoms with Crippen LogP contribution < -0.4 is 9.47 Å². The number of benzene rings is 2. The Bertz CT molecular complexity index is 820. The number of halogens is 1. The number of methoxy groups -OCH3 is 1. The number of nitrogens with zero attached hydrogens (tertiary/aromatic N) is 2. The van der Waals surface area contributed by atoms with Crippen LogP contribution in [0.3, 0.4) is 0 Å². The quantitative estimate of drug-likeness (QED) is 0.457. The molecule has 0 aliphatic carbocycles. The molecule has 2 rings (SSSR count). The Morgan fingerprint density at radius 3 is 2.60 bits per heavy atom. The van der Waals surface area contributed by atoms with Crippen molar-refractivity contribution in [1.29, 1.82) is 0 Å². The minimum atomic E-state index is -1.14. The van der Waals surface area contributed by atoms with E-state index in [1.54, 1.807) is 6.07 Å². The molecule has 0 atom stereocenters. The summed E-state index contributed by atoms with van der Waals surface area (Å²) in [6, 6.07) is 8.84. The zero-order chi connectivity index (χ0) is 18.4. The second-order valence-corrected chi connectivity index (χ2v) is 5.16. The van der Waals surface area contributed by atoms with Gasteiger partial charge < -0.3 is 14.6 Å². The van der Waals surface area contributed by atoms with Crippen LogP contribution in [-0.4, -0.2) is 35.9 Å². The Kier molecular flexibility index (Phi) is 5.91. The zero-order valence-electron chi connectivity index (χ0n) is 13.0. The van der Waals surface area contributed by atoms with Gasteiger partial charge in [0.1, 0.15) is 0 Å². The van der Waals surface area contributed by atoms with E-state index < -0.39 is 17.5 Å². The molecule has 0 aromatic heterocycles. The third-order valence-corrected chi connectivity index (χ3v) is 3.30. The number of ether oxygens (including phenoxy) is 2. The first-order valence-electron chi connectivity index (χ1n) is 6.91. The van der Waals surface area contributed by atoms with E-state index in [-0.39, 0.29) is 22.2 Å². The predicted octanol–water partition coefficient (Wildman–Crippen LogP) is 3.47. The standard InChI is InChI=1S/C16H13ClN2O6/c1-24-14-7-10(6-13(17)16(14)25-9-15(20)21)8-18-11-2-4-12(5-3-11)19(22)23/h2-8H,9H2,1H3,(H,20,21). The molecule has 0 radical (unpaired) electrons. The molecule has 0 heterocycles. The van der Waals surface area contributed by atoms with Crippen molar-refractivity contribution in [1.82, 2.24) is 0 Å². The number of aliphatic carboxylic acids is 1. The molecule has 9 heteroatoms. The van der Waals surface area contributed by atoms with Gasteiger partial charge in [0.05, 0.1) is 22.7 Å². The van der Waals surface area contributed by atoms with Gasteiger partial charge in [0.15, 0.2) is 18.1 Å². The van der Waals surface area contributed by atoms with E-state index in [2.05, 4.69) is 4.99 Å². The number of nitro benzene ring substituents is 1. The monoisotopic (exact) mass is 364 g/mol. The Labute approximate surface area is 147 Å². The van der Waals surface area contributed by atoms with Crippen LogP contribution in [0.25, 0.3) is 0 Å². The molecule has 0 bridgehead atoms. The molecule has 0 amide bonds. The van der Waals surface area contributed by atoms with E-state index in [0.717, 1.165) is 0 Å². The average molecular weight is 365 g/mol. The van der Waals surface area contributed by atoms with Crippen LogP contribution in [0.4, 0.5) is 11.4 Å². The lowest BCUT2D eigenvalue weighted by molar-refractivity contribution is -0.384. The fourth-order valence-corrected chi connectivity index (χ4v) is 2.17. The highest BCUT2D eigenvalue weighted by molar-refractivity contribution is 6.32. The number of hydrogen-bond donors (Lipinski definition) is 1. The van der Waals surface area contributed by atoms with Crippen LogP contribution >= 0.6 is 11.6 Å². The Hall–Kier alpha value is -3.13. The summed E-state index contributed by atoms with van der Waals surface area (Å²) in [7, 11) is 1.40. The lowest BCUT2D eigenvalue weighted by atomic mass is 10.2. The molecular formula is C16H13ClN2O6. The van der Waals surface area contributed by atoms with E-state index in [1.807, 2.05) is 0 Å². The summed E-state index contributed by atoms with van der Waals surface area (Å²) in [5.74, 6) is -0.750. The molecule has 0 saturated carbocycles. The zero-order valence-corrected chi connectivity index (χ0v) is 13.8. The van der Waals surface area contributed by atoms with Crippen LogP contribution in [0.1, 0.15) is 5.56 Å². The molecule has 8 nitrogen and oxygen atoms in total. The Morgan fingerprint density at radius 2 is 2.04 bits per heavy atom. The molecule has 0 aliphatic rings. The Morgan fingerprint density at radius 1 is 1.36 bits per heavy atom. The van der Waals surface area contributed by atoms with Crippen LogP contribution in [0, 0.1) is 10.1 Å². The van der Waals surface area contributed by atoms with Gasteiger partial charge in [-0.05, 0) is 29.8 Å². The second-order valence-electron chi connectivity index (χ2n) is 4.75. The number of rotatable bonds is 7. The number of hydrogen-bond acceptors (Lipinski definition) is 6. The average Bonchev–Trinajstić information content (AvgIpc) is 2.58. The summed E-state index contributed by atoms with van der Waals surface area (Å²) in [6.07, 6.45) is 1.50. The molecule has 25 heavy (non-hydrogen) atoms. The van der Waals surface area contributed by atoms with E-state index in [1.165, 1.54) is 43.7 Å². The van der Waals surface area contributed by atoms with Crippen molar-refractivity contribution in [3.63, 3.8) is 0 Å². The van der Waals surface area contributed by atoms with Crippen molar-refractivity contribution in [3.8, 4) is 11.5 Å². The van der Waals surface area contributed by atoms with Gasteiger partial charge in [-0.15, -0.1) is 0 Å². The number of carbonyl (C=O) groups is 1. The lowest BCUT2D eigenvalue weighted by Crippen LogP contribution is -2.10. The highest BCUT2D eigenvalue weighted by Crippen LogP contribution is 2.36. The number of carboxylic acid groups (broad SMARTS) is 1. The van der Waals surface area contributed by atoms with Crippen LogP contribution in [0.15, 0.2) is 41.4 Å². The molecule has 0 saturated heterocycles. The molecule has 2 aromatic rings. The van der Waals surface area contributed by atoms with Gasteiger partial charge in [0, 0.05) is 18.3 Å². The lowest BCUT2D eigenvalue weighted by Gasteiger charge is -2.11. The molecule has 2 aromatic carbocycles. The first-order chi connectivity index (χ1) is 11.9. The maximum Gasteiger partial charge on any atom is 0.341 e. The van der Waals surface area contributed by atoms with Gasteiger partial charge in [-0.1, -0.05) is 11.6 Å². The third-order valence-electron chi connectivity index (χ3n) is 3.01. The molecule has 0 fully saturated rings. The molecule has 0 aliphatic heterocycles. The van der Waals surface area contributed by atoms with E-state index in [4.69, 9.17) is 26.2 Å². The maximum atomic E-state index is 10.6. The second kappa shape index (κ2) is 8.11. The molecule has 0 unspecified atom stereocenters. The van der Waals surface area contributed by atoms with E-state index in [9.17, 15) is 14.9 Å². The normalized spacial score (nSPS) is 10.6. The van der Waals surface area contributed by atoms with Crippen molar-refractivity contribution >= 4 is 35.2 Å². The summed E-state index contributed by atoms with van der Waals surface area (Å²) in [6.45, 7) is -0.549. The maximum absolute atomic E-state index is 10.6. The minimum Gasteiger partial charge on any atom is -0.493 e. The smallest absolute Gasteiger partial charge is 0.341 e. The number of aliphatic imine (C=N–C) groups is 1. The minimum absolute atomic E-state index is 0.0244. The first kappa shape index (κ1) is 18.2. The van der Waals surface area contributed by atoms with Crippen LogP contribution in [0.5, 0.6) is 11.5 Å². The van der Waals surface area contributed by atoms with Gasteiger partial charge in [-0.3, -0.25) is 15.1 Å². The van der Waals surface area contributed by atoms with Crippen molar-refractivity contribution in [2.45, 2.75) is 0 Å². The summed E-state index contributed by atoms with van der Waals surface area (Å²) >= 11 is 6.10. The summed E-state index contributed by atoms with van der Waals surface area (Å²) in [5.41, 5.74) is 1.08. The van der Waals surface area contributed by atoms with Crippen molar-refractivity contribution < 1.29 is 24.3 Å². The largest absolute Gasteiger partial charge is 0.493 e. The van der Waals surface area contributed by atoms with Crippen molar-refractivity contribution in [2.75, 3.05) is 13.7 Å². The van der Waals surface area contributed by atoms with Gasteiger partial charge in [0.2, 0.25) is 0 Å². The summed E-state index contributed by atoms with van der Waals surface area (Å²) < 4.78 is 10.3. The fourth-order valence-electron chi connectivity index (χ4n) is 1.90. The predicted molar refractivity (Wildman–Crippen MR) is 91.5 cm³/mol. The SMILES string of the molecule is COc1cc(C=Nc2ccc([N+](=O)[O-])cc2)cc(Cl)c1OCC(=O)O. The molecule has 1 N–H and O–H groups in total. The topological polar surface area (TPSA) is 111 Å². The summed E-state index contributed by atoms with van der Waals surface area (Å²) in [4.78, 5) is 24.9. The van der Waals surface area contributed by atoms with Gasteiger partial charge in [0.25, 0.3) is 5.69 Å². The highest BCUT2D eigenvalue weighted by Gasteiger charge is 2.13. The van der Waals surface area contributed by atoms with E-state index >= 15 is 0 Å². The highest BCUT2D eigenvalue weighted by atomic mass is 35.5. The van der Waals surface area contributed by atoms with Gasteiger partial charge in [-0.25, -0.2) is 4.79 Å². The van der Waals surface area contributed by atoms with E-state index in [0.29, 0.717) is 11.3 Å². The number of nitro groups is 1. The molecule has 130 valence electrons. The van der Waals surface area contributed by atoms with Crippen molar-refractivity contribution in [2.24, 2.45) is 4.99 Å². The molecule has 0 spiro atoms. The van der Waals surface area contributed by atoms with Gasteiger partial charge >= 0.3 is 5.97 Å². The van der Waals surface area contributed by atoms with Gasteiger partial charge in [-0.2, -0.15) is 0 Å². The Balaban J connectivity index is 2.23.